The molecular formula is C18H14Cl4N2O2S. The fraction of sp³-hybridized carbons (Fsp3) is 0.222. The van der Waals surface area contributed by atoms with Crippen molar-refractivity contribution in [3.8, 4) is 0 Å². The second-order valence-corrected chi connectivity index (χ2v) is 8.27. The molecule has 1 heterocycles. The van der Waals surface area contributed by atoms with Gasteiger partial charge in [0.05, 0.1) is 21.8 Å². The van der Waals surface area contributed by atoms with E-state index >= 15 is 0 Å². The summed E-state index contributed by atoms with van der Waals surface area (Å²) in [4.78, 5) is 17.4. The maximum atomic E-state index is 12.6. The number of hydrogen-bond donors (Lipinski definition) is 0. The van der Waals surface area contributed by atoms with Crippen molar-refractivity contribution < 1.29 is 9.53 Å². The average Bonchev–Trinajstić information content (AvgIpc) is 2.91. The highest BCUT2D eigenvalue weighted by molar-refractivity contribution is 7.16. The zero-order chi connectivity index (χ0) is 19.6. The van der Waals surface area contributed by atoms with Crippen LogP contribution in [0.15, 0.2) is 35.3 Å². The summed E-state index contributed by atoms with van der Waals surface area (Å²) in [6.07, 6.45) is 0. The lowest BCUT2D eigenvalue weighted by molar-refractivity contribution is 0.0996. The van der Waals surface area contributed by atoms with Crippen LogP contribution in [-0.4, -0.2) is 23.7 Å². The van der Waals surface area contributed by atoms with Gasteiger partial charge in [0.2, 0.25) is 0 Å². The molecule has 142 valence electrons. The topological polar surface area (TPSA) is 43.6 Å². The molecule has 3 aromatic rings. The molecule has 0 spiro atoms. The van der Waals surface area contributed by atoms with Gasteiger partial charge in [-0.2, -0.15) is 4.99 Å². The van der Waals surface area contributed by atoms with Crippen molar-refractivity contribution in [3.63, 3.8) is 0 Å². The number of carbonyl (C=O) groups excluding carboxylic acids is 1. The van der Waals surface area contributed by atoms with Crippen molar-refractivity contribution in [2.45, 2.75) is 13.5 Å². The van der Waals surface area contributed by atoms with Crippen LogP contribution in [0.1, 0.15) is 17.3 Å². The van der Waals surface area contributed by atoms with Gasteiger partial charge in [-0.05, 0) is 37.3 Å². The number of nitrogens with zero attached hydrogens (tertiary/aromatic N) is 2. The highest BCUT2D eigenvalue weighted by atomic mass is 35.5. The SMILES string of the molecule is CCOCCn1c(=NC(=O)c2cc(Cl)cc(Cl)c2)sc2cc(Cl)cc(Cl)c21. The van der Waals surface area contributed by atoms with Gasteiger partial charge in [0.1, 0.15) is 0 Å². The van der Waals surface area contributed by atoms with Crippen LogP contribution < -0.4 is 4.80 Å². The van der Waals surface area contributed by atoms with E-state index in [2.05, 4.69) is 4.99 Å². The molecule has 0 radical (unpaired) electrons. The lowest BCUT2D eigenvalue weighted by Crippen LogP contribution is -2.20. The summed E-state index contributed by atoms with van der Waals surface area (Å²) in [5, 5.41) is 1.75. The van der Waals surface area contributed by atoms with Crippen molar-refractivity contribution >= 4 is 73.9 Å². The number of thiazole rings is 1. The number of halogens is 4. The van der Waals surface area contributed by atoms with Crippen LogP contribution in [0.5, 0.6) is 0 Å². The first-order valence-corrected chi connectivity index (χ1v) is 10.3. The Labute approximate surface area is 179 Å². The standard InChI is InChI=1S/C18H14Cl4N2O2S/c1-2-26-4-3-24-16-14(22)8-13(21)9-15(16)27-18(24)23-17(25)10-5-11(19)7-12(20)6-10/h5-9H,2-4H2,1H3. The third kappa shape index (κ3) is 4.86. The van der Waals surface area contributed by atoms with Gasteiger partial charge in [-0.15, -0.1) is 0 Å². The Morgan fingerprint density at radius 2 is 1.74 bits per heavy atom. The number of hydrogen-bond acceptors (Lipinski definition) is 3. The molecule has 0 saturated carbocycles. The molecule has 0 aliphatic heterocycles. The van der Waals surface area contributed by atoms with Crippen molar-refractivity contribution in [2.24, 2.45) is 4.99 Å². The second-order valence-electron chi connectivity index (χ2n) is 5.54. The van der Waals surface area contributed by atoms with E-state index in [9.17, 15) is 4.79 Å². The Morgan fingerprint density at radius 3 is 2.41 bits per heavy atom. The number of carbonyl (C=O) groups is 1. The van der Waals surface area contributed by atoms with E-state index in [-0.39, 0.29) is 0 Å². The fourth-order valence-electron chi connectivity index (χ4n) is 2.55. The average molecular weight is 464 g/mol. The molecule has 0 aliphatic carbocycles. The molecule has 0 N–H and O–H groups in total. The smallest absolute Gasteiger partial charge is 0.279 e. The number of aromatic nitrogens is 1. The Bertz CT molecular complexity index is 1050. The minimum Gasteiger partial charge on any atom is -0.380 e. The third-order valence-electron chi connectivity index (χ3n) is 3.67. The fourth-order valence-corrected chi connectivity index (χ4v) is 4.91. The van der Waals surface area contributed by atoms with Gasteiger partial charge in [0.25, 0.3) is 5.91 Å². The summed E-state index contributed by atoms with van der Waals surface area (Å²) in [5.41, 5.74) is 1.08. The zero-order valence-electron chi connectivity index (χ0n) is 14.1. The minimum atomic E-state index is -0.446. The quantitative estimate of drug-likeness (QED) is 0.429. The van der Waals surface area contributed by atoms with Gasteiger partial charge < -0.3 is 9.30 Å². The highest BCUT2D eigenvalue weighted by Gasteiger charge is 2.14. The zero-order valence-corrected chi connectivity index (χ0v) is 18.0. The van der Waals surface area contributed by atoms with Gasteiger partial charge >= 0.3 is 0 Å². The Balaban J connectivity index is 2.13. The molecule has 2 aromatic carbocycles. The van der Waals surface area contributed by atoms with Crippen LogP contribution in [0.4, 0.5) is 0 Å². The summed E-state index contributed by atoms with van der Waals surface area (Å²) >= 11 is 25.8. The summed E-state index contributed by atoms with van der Waals surface area (Å²) in [5.74, 6) is -0.446. The molecule has 0 aliphatic rings. The van der Waals surface area contributed by atoms with Crippen LogP contribution in [0.25, 0.3) is 10.2 Å². The van der Waals surface area contributed by atoms with Gasteiger partial charge in [-0.3, -0.25) is 4.79 Å². The Kier molecular flexibility index (Phi) is 6.84. The van der Waals surface area contributed by atoms with E-state index in [0.717, 1.165) is 10.2 Å². The molecule has 3 rings (SSSR count). The van der Waals surface area contributed by atoms with Crippen molar-refractivity contribution in [1.82, 2.24) is 4.57 Å². The molecule has 27 heavy (non-hydrogen) atoms. The summed E-state index contributed by atoms with van der Waals surface area (Å²) in [7, 11) is 0. The van der Waals surface area contributed by atoms with Gasteiger partial charge in [0.15, 0.2) is 4.80 Å². The van der Waals surface area contributed by atoms with E-state index in [1.54, 1.807) is 18.2 Å². The minimum absolute atomic E-state index is 0.311. The summed E-state index contributed by atoms with van der Waals surface area (Å²) in [6, 6.07) is 8.08. The largest absolute Gasteiger partial charge is 0.380 e. The molecule has 1 amide bonds. The molecule has 1 aromatic heterocycles. The first kappa shape index (κ1) is 20.6. The van der Waals surface area contributed by atoms with E-state index in [1.807, 2.05) is 11.5 Å². The lowest BCUT2D eigenvalue weighted by atomic mass is 10.2. The molecule has 0 saturated heterocycles. The number of rotatable bonds is 5. The number of ether oxygens (including phenoxy) is 1. The highest BCUT2D eigenvalue weighted by Crippen LogP contribution is 2.30. The molecule has 4 nitrogen and oxygen atoms in total. The van der Waals surface area contributed by atoms with Gasteiger partial charge in [-0.1, -0.05) is 57.7 Å². The predicted octanol–water partition coefficient (Wildman–Crippen LogP) is 6.09. The van der Waals surface area contributed by atoms with E-state index in [1.165, 1.54) is 23.5 Å². The van der Waals surface area contributed by atoms with Crippen LogP contribution >= 0.6 is 57.7 Å². The number of amides is 1. The maximum Gasteiger partial charge on any atom is 0.279 e. The molecular weight excluding hydrogens is 450 g/mol. The first-order valence-electron chi connectivity index (χ1n) is 8.00. The molecule has 0 bridgehead atoms. The van der Waals surface area contributed by atoms with Crippen molar-refractivity contribution in [2.75, 3.05) is 13.2 Å². The van der Waals surface area contributed by atoms with E-state index in [4.69, 9.17) is 51.1 Å². The van der Waals surface area contributed by atoms with Gasteiger partial charge in [0, 0.05) is 33.8 Å². The third-order valence-corrected chi connectivity index (χ3v) is 5.63. The molecule has 0 unspecified atom stereocenters. The maximum absolute atomic E-state index is 12.6. The van der Waals surface area contributed by atoms with Crippen LogP contribution in [-0.2, 0) is 11.3 Å². The van der Waals surface area contributed by atoms with Crippen molar-refractivity contribution in [3.05, 3.63) is 60.8 Å². The first-order chi connectivity index (χ1) is 12.9. The Morgan fingerprint density at radius 1 is 1.07 bits per heavy atom. The summed E-state index contributed by atoms with van der Waals surface area (Å²) < 4.78 is 8.14. The monoisotopic (exact) mass is 462 g/mol. The van der Waals surface area contributed by atoms with Crippen LogP contribution in [0.3, 0.4) is 0 Å². The predicted molar refractivity (Wildman–Crippen MR) is 113 cm³/mol. The summed E-state index contributed by atoms with van der Waals surface area (Å²) in [6.45, 7) is 3.47. The second kappa shape index (κ2) is 8.95. The van der Waals surface area contributed by atoms with Crippen LogP contribution in [0, 0.1) is 0 Å². The molecule has 0 fully saturated rings. The number of benzene rings is 2. The molecule has 0 atom stereocenters. The number of fused-ring (bicyclic) bond motifs is 1. The normalized spacial score (nSPS) is 12.1. The van der Waals surface area contributed by atoms with E-state index < -0.39 is 5.91 Å². The van der Waals surface area contributed by atoms with Gasteiger partial charge in [-0.25, -0.2) is 0 Å². The van der Waals surface area contributed by atoms with E-state index in [0.29, 0.717) is 50.2 Å². The van der Waals surface area contributed by atoms with Crippen LogP contribution in [0.2, 0.25) is 20.1 Å². The lowest BCUT2D eigenvalue weighted by Gasteiger charge is -2.07. The Hall–Kier alpha value is -1.08. The molecule has 9 heteroatoms. The van der Waals surface area contributed by atoms with Crippen molar-refractivity contribution in [1.29, 1.82) is 0 Å².